The summed E-state index contributed by atoms with van der Waals surface area (Å²) in [5, 5.41) is 5.59. The predicted molar refractivity (Wildman–Crippen MR) is 97.5 cm³/mol. The highest BCUT2D eigenvalue weighted by Crippen LogP contribution is 2.35. The molecule has 2 N–H and O–H groups in total. The van der Waals surface area contributed by atoms with Crippen LogP contribution in [0.5, 0.6) is 0 Å². The topological polar surface area (TPSA) is 105 Å². The number of imide groups is 1. The van der Waals surface area contributed by atoms with Gasteiger partial charge in [-0.2, -0.15) is 0 Å². The van der Waals surface area contributed by atoms with Crippen LogP contribution < -0.4 is 10.6 Å². The van der Waals surface area contributed by atoms with Gasteiger partial charge in [-0.05, 0) is 25.0 Å². The number of nitrogens with zero attached hydrogens (tertiary/aromatic N) is 1. The molecule has 0 unspecified atom stereocenters. The highest BCUT2D eigenvalue weighted by molar-refractivity contribution is 6.39. The zero-order valence-electron chi connectivity index (χ0n) is 14.2. The van der Waals surface area contributed by atoms with E-state index in [2.05, 4.69) is 10.6 Å². The molecule has 1 saturated carbocycles. The third-order valence-corrected chi connectivity index (χ3v) is 5.21. The lowest BCUT2D eigenvalue weighted by Gasteiger charge is -2.19. The van der Waals surface area contributed by atoms with Gasteiger partial charge >= 0.3 is 12.0 Å². The summed E-state index contributed by atoms with van der Waals surface area (Å²) in [5.74, 6) is -1.94. The number of esters is 1. The molecule has 0 bridgehead atoms. The van der Waals surface area contributed by atoms with Gasteiger partial charge in [-0.15, -0.1) is 0 Å². The molecule has 1 aliphatic heterocycles. The standard InChI is InChI=1S/C17H17Cl2N3O5/c18-10-4-3-5-11(19)14(10)20-12(23)9-27-13(24)8-22-15(25)17(21-16(22)26)6-1-2-7-17/h3-5H,1-2,6-9H2,(H,20,23)(H,21,26). The van der Waals surface area contributed by atoms with Crippen LogP contribution >= 0.6 is 23.2 Å². The Morgan fingerprint density at radius 3 is 2.44 bits per heavy atom. The van der Waals surface area contributed by atoms with Crippen LogP contribution in [0.25, 0.3) is 0 Å². The van der Waals surface area contributed by atoms with E-state index in [9.17, 15) is 19.2 Å². The van der Waals surface area contributed by atoms with Crippen molar-refractivity contribution in [3.05, 3.63) is 28.2 Å². The molecule has 0 atom stereocenters. The number of anilines is 1. The normalized spacial score (nSPS) is 17.9. The first kappa shape index (κ1) is 19.4. The van der Waals surface area contributed by atoms with Gasteiger partial charge in [-0.25, -0.2) is 4.79 Å². The van der Waals surface area contributed by atoms with Crippen molar-refractivity contribution >= 4 is 52.7 Å². The summed E-state index contributed by atoms with van der Waals surface area (Å²) >= 11 is 11.9. The van der Waals surface area contributed by atoms with Crippen LogP contribution in [-0.4, -0.2) is 47.4 Å². The van der Waals surface area contributed by atoms with Gasteiger partial charge in [0.15, 0.2) is 6.61 Å². The number of nitrogens with one attached hydrogen (secondary N) is 2. The molecule has 27 heavy (non-hydrogen) atoms. The Morgan fingerprint density at radius 1 is 1.19 bits per heavy atom. The van der Waals surface area contributed by atoms with Gasteiger partial charge in [0, 0.05) is 0 Å². The Morgan fingerprint density at radius 2 is 1.81 bits per heavy atom. The van der Waals surface area contributed by atoms with Gasteiger partial charge < -0.3 is 15.4 Å². The molecule has 2 aliphatic rings. The molecule has 144 valence electrons. The zero-order valence-corrected chi connectivity index (χ0v) is 15.7. The Balaban J connectivity index is 1.52. The van der Waals surface area contributed by atoms with E-state index in [1.807, 2.05) is 0 Å². The maximum atomic E-state index is 12.5. The highest BCUT2D eigenvalue weighted by atomic mass is 35.5. The molecule has 0 aromatic heterocycles. The number of ether oxygens (including phenoxy) is 1. The molecule has 0 radical (unpaired) electrons. The number of para-hydroxylation sites is 1. The number of carbonyl (C=O) groups excluding carboxylic acids is 4. The summed E-state index contributed by atoms with van der Waals surface area (Å²) in [6.45, 7) is -1.15. The number of benzene rings is 1. The van der Waals surface area contributed by atoms with Crippen molar-refractivity contribution in [2.75, 3.05) is 18.5 Å². The minimum Gasteiger partial charge on any atom is -0.454 e. The molecule has 1 aromatic carbocycles. The molecule has 2 fully saturated rings. The van der Waals surface area contributed by atoms with E-state index in [0.717, 1.165) is 17.7 Å². The Bertz CT molecular complexity index is 788. The number of halogens is 2. The van der Waals surface area contributed by atoms with Crippen molar-refractivity contribution in [3.63, 3.8) is 0 Å². The maximum Gasteiger partial charge on any atom is 0.326 e. The fourth-order valence-electron chi connectivity index (χ4n) is 3.25. The van der Waals surface area contributed by atoms with Crippen LogP contribution in [0.15, 0.2) is 18.2 Å². The van der Waals surface area contributed by atoms with Gasteiger partial charge in [0.25, 0.3) is 11.8 Å². The molecule has 1 aliphatic carbocycles. The second-order valence-corrected chi connectivity index (χ2v) is 7.23. The molecule has 10 heteroatoms. The third-order valence-electron chi connectivity index (χ3n) is 4.58. The van der Waals surface area contributed by atoms with Gasteiger partial charge in [0.1, 0.15) is 12.1 Å². The van der Waals surface area contributed by atoms with Crippen LogP contribution in [0.2, 0.25) is 10.0 Å². The summed E-state index contributed by atoms with van der Waals surface area (Å²) in [7, 11) is 0. The number of rotatable bonds is 5. The summed E-state index contributed by atoms with van der Waals surface area (Å²) in [5.41, 5.74) is -0.686. The van der Waals surface area contributed by atoms with Crippen molar-refractivity contribution in [1.82, 2.24) is 10.2 Å². The van der Waals surface area contributed by atoms with Crippen LogP contribution in [0, 0.1) is 0 Å². The first-order valence-corrected chi connectivity index (χ1v) is 9.11. The van der Waals surface area contributed by atoms with E-state index in [4.69, 9.17) is 27.9 Å². The first-order chi connectivity index (χ1) is 12.8. The number of amides is 4. The van der Waals surface area contributed by atoms with E-state index < -0.39 is 42.5 Å². The molecule has 4 amide bonds. The average Bonchev–Trinajstić information content (AvgIpc) is 3.17. The van der Waals surface area contributed by atoms with E-state index in [0.29, 0.717) is 12.8 Å². The summed E-state index contributed by atoms with van der Waals surface area (Å²) in [6.07, 6.45) is 2.80. The maximum absolute atomic E-state index is 12.5. The zero-order chi connectivity index (χ0) is 19.6. The van der Waals surface area contributed by atoms with Crippen LogP contribution in [0.1, 0.15) is 25.7 Å². The van der Waals surface area contributed by atoms with Gasteiger partial charge in [-0.3, -0.25) is 19.3 Å². The van der Waals surface area contributed by atoms with Crippen molar-refractivity contribution < 1.29 is 23.9 Å². The monoisotopic (exact) mass is 413 g/mol. The Labute approximate surface area is 165 Å². The minimum atomic E-state index is -0.893. The van der Waals surface area contributed by atoms with Gasteiger partial charge in [-0.1, -0.05) is 42.1 Å². The first-order valence-electron chi connectivity index (χ1n) is 8.36. The fourth-order valence-corrected chi connectivity index (χ4v) is 3.74. The van der Waals surface area contributed by atoms with Crippen molar-refractivity contribution in [2.24, 2.45) is 0 Å². The molecule has 1 aromatic rings. The number of hydrogen-bond donors (Lipinski definition) is 2. The van der Waals surface area contributed by atoms with Crippen LogP contribution in [0.3, 0.4) is 0 Å². The largest absolute Gasteiger partial charge is 0.454 e. The number of urea groups is 1. The van der Waals surface area contributed by atoms with E-state index >= 15 is 0 Å². The lowest BCUT2D eigenvalue weighted by atomic mass is 9.98. The second-order valence-electron chi connectivity index (χ2n) is 6.42. The Kier molecular flexibility index (Phi) is 5.57. The van der Waals surface area contributed by atoms with Crippen molar-refractivity contribution in [1.29, 1.82) is 0 Å². The average molecular weight is 414 g/mol. The third kappa shape index (κ3) is 4.01. The summed E-state index contributed by atoms with van der Waals surface area (Å²) < 4.78 is 4.85. The number of carbonyl (C=O) groups is 4. The van der Waals surface area contributed by atoms with E-state index in [1.54, 1.807) is 18.2 Å². The quantitative estimate of drug-likeness (QED) is 0.569. The lowest BCUT2D eigenvalue weighted by Crippen LogP contribution is -2.44. The summed E-state index contributed by atoms with van der Waals surface area (Å²) in [6, 6.07) is 4.10. The van der Waals surface area contributed by atoms with Crippen molar-refractivity contribution in [2.45, 2.75) is 31.2 Å². The van der Waals surface area contributed by atoms with Gasteiger partial charge in [0.05, 0.1) is 15.7 Å². The fraction of sp³-hybridized carbons (Fsp3) is 0.412. The highest BCUT2D eigenvalue weighted by Gasteiger charge is 2.52. The molecule has 3 rings (SSSR count). The Hall–Kier alpha value is -2.32. The van der Waals surface area contributed by atoms with Crippen molar-refractivity contribution in [3.8, 4) is 0 Å². The van der Waals surface area contributed by atoms with Crippen LogP contribution in [0.4, 0.5) is 10.5 Å². The van der Waals surface area contributed by atoms with Gasteiger partial charge in [0.2, 0.25) is 0 Å². The van der Waals surface area contributed by atoms with E-state index in [-0.39, 0.29) is 15.7 Å². The molecular weight excluding hydrogens is 397 g/mol. The predicted octanol–water partition coefficient (Wildman–Crippen LogP) is 2.34. The SMILES string of the molecule is O=C(COC(=O)CN1C(=O)NC2(CCCC2)C1=O)Nc1c(Cl)cccc1Cl. The van der Waals surface area contributed by atoms with Crippen LogP contribution in [-0.2, 0) is 19.1 Å². The second kappa shape index (κ2) is 7.74. The molecule has 1 spiro atoms. The molecule has 8 nitrogen and oxygen atoms in total. The molecular formula is C17H17Cl2N3O5. The minimum absolute atomic E-state index is 0.208. The lowest BCUT2D eigenvalue weighted by molar-refractivity contribution is -0.150. The number of hydrogen-bond acceptors (Lipinski definition) is 5. The smallest absolute Gasteiger partial charge is 0.326 e. The van der Waals surface area contributed by atoms with E-state index in [1.165, 1.54) is 0 Å². The summed E-state index contributed by atoms with van der Waals surface area (Å²) in [4.78, 5) is 49.2. The molecule has 1 saturated heterocycles. The molecule has 1 heterocycles.